The van der Waals surface area contributed by atoms with Gasteiger partial charge in [-0.1, -0.05) is 32.9 Å². The van der Waals surface area contributed by atoms with E-state index in [-0.39, 0.29) is 11.3 Å². The van der Waals surface area contributed by atoms with Crippen LogP contribution in [0, 0.1) is 5.41 Å². The molecular formula is C20H25NO5. The topological polar surface area (TPSA) is 65.1 Å². The number of carbonyl (C=O) groups excluding carboxylic acids is 2. The predicted molar refractivity (Wildman–Crippen MR) is 96.4 cm³/mol. The van der Waals surface area contributed by atoms with E-state index in [9.17, 15) is 9.59 Å². The first kappa shape index (κ1) is 18.5. The SMILES string of the molecule is COC(=O)[C@@]12C(c3ccc(OC)cc3)=CC(=O)N1[C@@H](C(C)(C)C)O[C@H]2C. The highest BCUT2D eigenvalue weighted by molar-refractivity contribution is 6.14. The van der Waals surface area contributed by atoms with E-state index in [0.717, 1.165) is 5.56 Å². The van der Waals surface area contributed by atoms with Crippen LogP contribution >= 0.6 is 0 Å². The summed E-state index contributed by atoms with van der Waals surface area (Å²) in [4.78, 5) is 27.5. The maximum atomic E-state index is 13.0. The van der Waals surface area contributed by atoms with Gasteiger partial charge in [-0.25, -0.2) is 4.79 Å². The molecular weight excluding hydrogens is 334 g/mol. The molecule has 1 aromatic carbocycles. The molecule has 0 radical (unpaired) electrons. The normalized spacial score (nSPS) is 28.0. The second-order valence-corrected chi connectivity index (χ2v) is 7.75. The molecule has 140 valence electrons. The molecule has 1 saturated heterocycles. The molecule has 2 aliphatic rings. The predicted octanol–water partition coefficient (Wildman–Crippen LogP) is 2.62. The lowest BCUT2D eigenvalue weighted by atomic mass is 9.81. The maximum absolute atomic E-state index is 13.0. The molecule has 3 atom stereocenters. The minimum absolute atomic E-state index is 0.245. The van der Waals surface area contributed by atoms with Crippen LogP contribution in [0.3, 0.4) is 0 Å². The summed E-state index contributed by atoms with van der Waals surface area (Å²) in [5, 5.41) is 0. The third kappa shape index (κ3) is 2.43. The van der Waals surface area contributed by atoms with Crippen molar-refractivity contribution in [2.75, 3.05) is 14.2 Å². The highest BCUT2D eigenvalue weighted by atomic mass is 16.6. The monoisotopic (exact) mass is 359 g/mol. The quantitative estimate of drug-likeness (QED) is 0.776. The van der Waals surface area contributed by atoms with Crippen LogP contribution in [0.4, 0.5) is 0 Å². The zero-order valence-corrected chi connectivity index (χ0v) is 16.0. The minimum Gasteiger partial charge on any atom is -0.497 e. The molecule has 1 amide bonds. The van der Waals surface area contributed by atoms with Gasteiger partial charge in [0.2, 0.25) is 5.91 Å². The zero-order valence-electron chi connectivity index (χ0n) is 16.0. The molecule has 0 unspecified atom stereocenters. The van der Waals surface area contributed by atoms with Gasteiger partial charge in [0.15, 0.2) is 5.54 Å². The molecule has 1 aromatic rings. The van der Waals surface area contributed by atoms with Gasteiger partial charge in [0.05, 0.1) is 20.3 Å². The van der Waals surface area contributed by atoms with Crippen LogP contribution < -0.4 is 4.74 Å². The van der Waals surface area contributed by atoms with Gasteiger partial charge >= 0.3 is 5.97 Å². The van der Waals surface area contributed by atoms with Crippen molar-refractivity contribution in [3.63, 3.8) is 0 Å². The van der Waals surface area contributed by atoms with E-state index in [4.69, 9.17) is 14.2 Å². The Morgan fingerprint density at radius 3 is 2.31 bits per heavy atom. The Hall–Kier alpha value is -2.34. The number of hydrogen-bond donors (Lipinski definition) is 0. The van der Waals surface area contributed by atoms with Crippen molar-refractivity contribution >= 4 is 17.4 Å². The van der Waals surface area contributed by atoms with Gasteiger partial charge in [-0.3, -0.25) is 9.69 Å². The number of nitrogens with zero attached hydrogens (tertiary/aromatic N) is 1. The standard InChI is InChI=1S/C20H25NO5/c1-12-20(18(23)25-6)15(13-7-9-14(24-5)10-8-13)11-16(22)21(20)17(26-12)19(2,3)4/h7-12,17H,1-6H3/t12-,17+,20+/m0/s1. The Labute approximate surface area is 153 Å². The molecule has 2 heterocycles. The van der Waals surface area contributed by atoms with E-state index in [1.54, 1.807) is 24.1 Å². The fourth-order valence-electron chi connectivity index (χ4n) is 3.87. The lowest BCUT2D eigenvalue weighted by Gasteiger charge is -2.38. The fourth-order valence-corrected chi connectivity index (χ4v) is 3.87. The van der Waals surface area contributed by atoms with Crippen molar-refractivity contribution in [1.29, 1.82) is 0 Å². The van der Waals surface area contributed by atoms with Crippen molar-refractivity contribution in [1.82, 2.24) is 4.90 Å². The lowest BCUT2D eigenvalue weighted by molar-refractivity contribution is -0.156. The Kier molecular flexibility index (Phi) is 4.35. The average molecular weight is 359 g/mol. The molecule has 0 N–H and O–H groups in total. The van der Waals surface area contributed by atoms with Crippen LogP contribution in [0.2, 0.25) is 0 Å². The highest BCUT2D eigenvalue weighted by Crippen LogP contribution is 2.51. The summed E-state index contributed by atoms with van der Waals surface area (Å²) in [5.41, 5.74) is -0.297. The van der Waals surface area contributed by atoms with E-state index in [0.29, 0.717) is 11.3 Å². The number of benzene rings is 1. The van der Waals surface area contributed by atoms with Crippen LogP contribution in [0.15, 0.2) is 30.3 Å². The molecule has 26 heavy (non-hydrogen) atoms. The van der Waals surface area contributed by atoms with Crippen molar-refractivity contribution in [2.45, 2.75) is 45.6 Å². The number of carbonyl (C=O) groups is 2. The molecule has 6 heteroatoms. The second kappa shape index (κ2) is 6.13. The number of amides is 1. The summed E-state index contributed by atoms with van der Waals surface area (Å²) < 4.78 is 16.5. The first-order valence-electron chi connectivity index (χ1n) is 8.61. The van der Waals surface area contributed by atoms with Crippen molar-refractivity contribution in [3.05, 3.63) is 35.9 Å². The summed E-state index contributed by atoms with van der Waals surface area (Å²) in [5.74, 6) is -0.0407. The molecule has 0 aromatic heterocycles. The van der Waals surface area contributed by atoms with E-state index in [1.807, 2.05) is 39.8 Å². The number of methoxy groups -OCH3 is 2. The van der Waals surface area contributed by atoms with Crippen molar-refractivity contribution in [3.8, 4) is 5.75 Å². The molecule has 2 aliphatic heterocycles. The molecule has 6 nitrogen and oxygen atoms in total. The van der Waals surface area contributed by atoms with Crippen molar-refractivity contribution in [2.24, 2.45) is 5.41 Å². The van der Waals surface area contributed by atoms with Gasteiger partial charge in [0.1, 0.15) is 12.0 Å². The average Bonchev–Trinajstić information content (AvgIpc) is 3.09. The fraction of sp³-hybridized carbons (Fsp3) is 0.500. The van der Waals surface area contributed by atoms with E-state index in [1.165, 1.54) is 13.2 Å². The van der Waals surface area contributed by atoms with Gasteiger partial charge < -0.3 is 14.2 Å². The molecule has 0 spiro atoms. The van der Waals surface area contributed by atoms with Gasteiger partial charge in [-0.05, 0) is 24.6 Å². The largest absolute Gasteiger partial charge is 0.497 e. The first-order valence-corrected chi connectivity index (χ1v) is 8.61. The third-order valence-electron chi connectivity index (χ3n) is 5.09. The summed E-state index contributed by atoms with van der Waals surface area (Å²) in [6.45, 7) is 7.76. The second-order valence-electron chi connectivity index (χ2n) is 7.75. The van der Waals surface area contributed by atoms with Gasteiger partial charge in [0, 0.05) is 17.1 Å². The van der Waals surface area contributed by atoms with Gasteiger partial charge in [-0.2, -0.15) is 0 Å². The number of hydrogen-bond acceptors (Lipinski definition) is 5. The number of rotatable bonds is 3. The summed E-state index contributed by atoms with van der Waals surface area (Å²) >= 11 is 0. The maximum Gasteiger partial charge on any atom is 0.339 e. The Bertz CT molecular complexity index is 761. The summed E-state index contributed by atoms with van der Waals surface area (Å²) in [6.07, 6.45) is 0.450. The molecule has 1 fully saturated rings. The number of fused-ring (bicyclic) bond motifs is 1. The van der Waals surface area contributed by atoms with Gasteiger partial charge in [0.25, 0.3) is 0 Å². The minimum atomic E-state index is -1.29. The van der Waals surface area contributed by atoms with E-state index < -0.39 is 23.8 Å². The molecule has 0 bridgehead atoms. The molecule has 0 saturated carbocycles. The molecule has 3 rings (SSSR count). The van der Waals surface area contributed by atoms with Crippen LogP contribution in [0.5, 0.6) is 5.75 Å². The van der Waals surface area contributed by atoms with Crippen molar-refractivity contribution < 1.29 is 23.8 Å². The smallest absolute Gasteiger partial charge is 0.339 e. The van der Waals surface area contributed by atoms with Crippen LogP contribution in [0.1, 0.15) is 33.3 Å². The highest BCUT2D eigenvalue weighted by Gasteiger charge is 2.67. The van der Waals surface area contributed by atoms with E-state index in [2.05, 4.69) is 0 Å². The van der Waals surface area contributed by atoms with Crippen LogP contribution in [0.25, 0.3) is 5.57 Å². The number of esters is 1. The Balaban J connectivity index is 2.17. The van der Waals surface area contributed by atoms with Gasteiger partial charge in [-0.15, -0.1) is 0 Å². The first-order chi connectivity index (χ1) is 12.2. The van der Waals surface area contributed by atoms with Crippen LogP contribution in [-0.2, 0) is 19.1 Å². The summed E-state index contributed by atoms with van der Waals surface area (Å²) in [6, 6.07) is 7.28. The van der Waals surface area contributed by atoms with E-state index >= 15 is 0 Å². The third-order valence-corrected chi connectivity index (χ3v) is 5.09. The summed E-state index contributed by atoms with van der Waals surface area (Å²) in [7, 11) is 2.92. The Morgan fingerprint density at radius 2 is 1.81 bits per heavy atom. The Morgan fingerprint density at radius 1 is 1.19 bits per heavy atom. The lowest BCUT2D eigenvalue weighted by Crippen LogP contribution is -2.58. The zero-order chi connectivity index (χ0) is 19.3. The van der Waals surface area contributed by atoms with Crippen LogP contribution in [-0.4, -0.2) is 48.9 Å². The number of ether oxygens (including phenoxy) is 3. The molecule has 0 aliphatic carbocycles.